The predicted octanol–water partition coefficient (Wildman–Crippen LogP) is 10.5. The molecule has 12 heteroatoms. The summed E-state index contributed by atoms with van der Waals surface area (Å²) >= 11 is 0. The van der Waals surface area contributed by atoms with Gasteiger partial charge in [0, 0.05) is 7.11 Å². The van der Waals surface area contributed by atoms with Crippen molar-refractivity contribution >= 4 is 0 Å². The lowest BCUT2D eigenvalue weighted by Crippen LogP contribution is -2.67. The normalized spacial score (nSPS) is 25.8. The molecule has 0 aliphatic carbocycles. The van der Waals surface area contributed by atoms with Gasteiger partial charge in [-0.15, -0.1) is 0 Å². The first kappa shape index (κ1) is 52.7. The molecule has 9 rings (SSSR count). The van der Waals surface area contributed by atoms with Crippen molar-refractivity contribution < 1.29 is 56.8 Å². The molecule has 0 N–H and O–H groups in total. The molecule has 3 saturated heterocycles. The van der Waals surface area contributed by atoms with Crippen LogP contribution in [-0.2, 0) is 96.5 Å². The minimum Gasteiger partial charge on any atom is -0.368 e. The predicted molar refractivity (Wildman–Crippen MR) is 275 cm³/mol. The highest BCUT2D eigenvalue weighted by atomic mass is 16.8. The standard InChI is InChI=1S/C61H70O12/c1-60(2)69-42-49(71-60)50-57(73-61(3,4)72-50)54(66-39-46-30-18-9-19-31-46)51(63-36-43-24-12-6-13-25-43)52(64-37-44-26-14-7-15-27-44)56-53(65-38-45-28-16-8-17-29-45)55(67-40-47-32-20-10-21-33-47)58(59(62-5)70-56)68-41-48-34-22-11-23-35-48/h6-35,49-59H,36-42H2,1-5H3/t49-,50-,51+,52-,53+,54-,55+,56-,57+,58-,59+/m1/s1. The third kappa shape index (κ3) is 14.4. The summed E-state index contributed by atoms with van der Waals surface area (Å²) in [5, 5.41) is 0. The fourth-order valence-electron chi connectivity index (χ4n) is 9.81. The maximum atomic E-state index is 7.39. The monoisotopic (exact) mass is 994 g/mol. The van der Waals surface area contributed by atoms with Crippen LogP contribution in [0.15, 0.2) is 182 Å². The molecule has 386 valence electrons. The number of hydrogen-bond donors (Lipinski definition) is 0. The minimum absolute atomic E-state index is 0.180. The first-order chi connectivity index (χ1) is 35.6. The van der Waals surface area contributed by atoms with Crippen molar-refractivity contribution in [3.05, 3.63) is 215 Å². The Morgan fingerprint density at radius 2 is 0.808 bits per heavy atom. The topological polar surface area (TPSA) is 111 Å². The van der Waals surface area contributed by atoms with E-state index in [9.17, 15) is 0 Å². The molecule has 6 aromatic rings. The van der Waals surface area contributed by atoms with Crippen molar-refractivity contribution in [3.8, 4) is 0 Å². The van der Waals surface area contributed by atoms with Crippen LogP contribution in [0.2, 0.25) is 0 Å². The molecule has 3 aliphatic rings. The molecule has 3 aliphatic heterocycles. The number of methoxy groups -OCH3 is 1. The second-order valence-electron chi connectivity index (χ2n) is 19.7. The lowest BCUT2D eigenvalue weighted by molar-refractivity contribution is -0.342. The lowest BCUT2D eigenvalue weighted by atomic mass is 9.87. The van der Waals surface area contributed by atoms with E-state index in [1.807, 2.05) is 210 Å². The van der Waals surface area contributed by atoms with Crippen molar-refractivity contribution in [2.24, 2.45) is 0 Å². The summed E-state index contributed by atoms with van der Waals surface area (Å²) < 4.78 is 83.7. The second kappa shape index (κ2) is 25.4. The van der Waals surface area contributed by atoms with Gasteiger partial charge in [0.25, 0.3) is 0 Å². The number of rotatable bonds is 24. The maximum Gasteiger partial charge on any atom is 0.186 e. The highest BCUT2D eigenvalue weighted by molar-refractivity contribution is 5.19. The first-order valence-corrected chi connectivity index (χ1v) is 25.4. The van der Waals surface area contributed by atoms with E-state index in [4.69, 9.17) is 56.8 Å². The second-order valence-corrected chi connectivity index (χ2v) is 19.7. The van der Waals surface area contributed by atoms with E-state index in [2.05, 4.69) is 0 Å². The molecule has 0 amide bonds. The Balaban J connectivity index is 1.19. The molecule has 0 saturated carbocycles. The molecule has 0 bridgehead atoms. The average Bonchev–Trinajstić information content (AvgIpc) is 3.96. The molecule has 11 atom stereocenters. The SMILES string of the molecule is CO[C@H]1O[C@H]([C@H](OCc2ccccc2)[C@H](OCc2ccccc2)[C@@H](OCc2ccccc2)[C@H]2OC(C)(C)O[C@@H]2[C@H]2COC(C)(C)O2)[C@@H](OCc2ccccc2)[C@H](OCc2ccccc2)[C@H]1OCc1ccccc1. The number of hydrogen-bond acceptors (Lipinski definition) is 12. The molecule has 3 fully saturated rings. The Kier molecular flexibility index (Phi) is 18.3. The van der Waals surface area contributed by atoms with Gasteiger partial charge in [-0.2, -0.15) is 0 Å². The summed E-state index contributed by atoms with van der Waals surface area (Å²) in [6.07, 6.45) is -9.05. The molecular formula is C61H70O12. The van der Waals surface area contributed by atoms with Gasteiger partial charge in [0.1, 0.15) is 61.0 Å². The van der Waals surface area contributed by atoms with Crippen molar-refractivity contribution in [1.29, 1.82) is 0 Å². The smallest absolute Gasteiger partial charge is 0.186 e. The average molecular weight is 995 g/mol. The zero-order valence-electron chi connectivity index (χ0n) is 42.5. The third-order valence-corrected chi connectivity index (χ3v) is 13.3. The highest BCUT2D eigenvalue weighted by Crippen LogP contribution is 2.42. The van der Waals surface area contributed by atoms with Crippen LogP contribution in [0.1, 0.15) is 61.1 Å². The summed E-state index contributed by atoms with van der Waals surface area (Å²) in [6.45, 7) is 9.22. The summed E-state index contributed by atoms with van der Waals surface area (Å²) in [6, 6.07) is 60.3. The van der Waals surface area contributed by atoms with Gasteiger partial charge in [-0.25, -0.2) is 0 Å². The van der Waals surface area contributed by atoms with Gasteiger partial charge >= 0.3 is 0 Å². The van der Waals surface area contributed by atoms with E-state index in [-0.39, 0.29) is 46.2 Å². The first-order valence-electron chi connectivity index (χ1n) is 25.4. The Morgan fingerprint density at radius 1 is 0.425 bits per heavy atom. The van der Waals surface area contributed by atoms with Crippen molar-refractivity contribution in [3.63, 3.8) is 0 Å². The molecule has 12 nitrogen and oxygen atoms in total. The molecular weight excluding hydrogens is 925 g/mol. The lowest BCUT2D eigenvalue weighted by Gasteiger charge is -2.49. The summed E-state index contributed by atoms with van der Waals surface area (Å²) in [5.74, 6) is -1.90. The minimum atomic E-state index is -1.05. The van der Waals surface area contributed by atoms with Gasteiger partial charge in [-0.05, 0) is 61.1 Å². The van der Waals surface area contributed by atoms with Crippen LogP contribution in [0.25, 0.3) is 0 Å². The number of ether oxygens (including phenoxy) is 12. The van der Waals surface area contributed by atoms with Crippen LogP contribution < -0.4 is 0 Å². The van der Waals surface area contributed by atoms with Gasteiger partial charge in [-0.3, -0.25) is 0 Å². The summed E-state index contributed by atoms with van der Waals surface area (Å²) in [4.78, 5) is 0. The van der Waals surface area contributed by atoms with Crippen LogP contribution in [0, 0.1) is 0 Å². The van der Waals surface area contributed by atoms with Gasteiger partial charge in [0.2, 0.25) is 0 Å². The van der Waals surface area contributed by atoms with E-state index in [0.29, 0.717) is 0 Å². The highest BCUT2D eigenvalue weighted by Gasteiger charge is 2.59. The van der Waals surface area contributed by atoms with E-state index in [0.717, 1.165) is 33.4 Å². The molecule has 0 spiro atoms. The van der Waals surface area contributed by atoms with Gasteiger partial charge in [0.15, 0.2) is 17.9 Å². The quantitative estimate of drug-likeness (QED) is 0.0576. The van der Waals surface area contributed by atoms with Crippen LogP contribution in [0.3, 0.4) is 0 Å². The summed E-state index contributed by atoms with van der Waals surface area (Å²) in [7, 11) is 1.62. The molecule has 73 heavy (non-hydrogen) atoms. The fourth-order valence-corrected chi connectivity index (χ4v) is 9.81. The summed E-state index contributed by atoms with van der Waals surface area (Å²) in [5.41, 5.74) is 5.77. The van der Waals surface area contributed by atoms with Crippen LogP contribution in [-0.4, -0.2) is 92.6 Å². The van der Waals surface area contributed by atoms with Crippen molar-refractivity contribution in [2.45, 2.75) is 146 Å². The van der Waals surface area contributed by atoms with E-state index in [1.54, 1.807) is 7.11 Å². The fraction of sp³-hybridized carbons (Fsp3) is 0.410. The Bertz CT molecular complexity index is 2500. The van der Waals surface area contributed by atoms with E-state index >= 15 is 0 Å². The molecule has 3 heterocycles. The van der Waals surface area contributed by atoms with E-state index in [1.165, 1.54) is 0 Å². The van der Waals surface area contributed by atoms with Crippen LogP contribution >= 0.6 is 0 Å². The van der Waals surface area contributed by atoms with Crippen LogP contribution in [0.4, 0.5) is 0 Å². The Hall–Kier alpha value is -5.16. The maximum absolute atomic E-state index is 7.39. The Morgan fingerprint density at radius 3 is 1.22 bits per heavy atom. The zero-order chi connectivity index (χ0) is 50.5. The molecule has 0 unspecified atom stereocenters. The van der Waals surface area contributed by atoms with E-state index < -0.39 is 78.9 Å². The van der Waals surface area contributed by atoms with Gasteiger partial charge in [0.05, 0.1) is 46.2 Å². The number of benzene rings is 6. The van der Waals surface area contributed by atoms with Gasteiger partial charge < -0.3 is 56.8 Å². The van der Waals surface area contributed by atoms with Gasteiger partial charge in [-0.1, -0.05) is 182 Å². The van der Waals surface area contributed by atoms with Crippen LogP contribution in [0.5, 0.6) is 0 Å². The zero-order valence-corrected chi connectivity index (χ0v) is 42.5. The Labute approximate surface area is 430 Å². The molecule has 0 radical (unpaired) electrons. The molecule has 0 aromatic heterocycles. The van der Waals surface area contributed by atoms with Crippen molar-refractivity contribution in [2.75, 3.05) is 13.7 Å². The third-order valence-electron chi connectivity index (χ3n) is 13.3. The largest absolute Gasteiger partial charge is 0.368 e. The molecule has 6 aromatic carbocycles. The van der Waals surface area contributed by atoms with Crippen molar-refractivity contribution in [1.82, 2.24) is 0 Å².